The molecule has 0 aromatic rings. The summed E-state index contributed by atoms with van der Waals surface area (Å²) in [6.07, 6.45) is 9.71. The SMILES string of the molecule is O=C(C1CCC1)N(C1CCC1)C1CCNCC1. The molecule has 3 rings (SSSR count). The molecular weight excluding hydrogens is 212 g/mol. The first-order valence-electron chi connectivity index (χ1n) is 7.39. The number of amides is 1. The van der Waals surface area contributed by atoms with Gasteiger partial charge in [0, 0.05) is 18.0 Å². The first-order valence-corrected chi connectivity index (χ1v) is 7.39. The molecule has 1 aliphatic heterocycles. The lowest BCUT2D eigenvalue weighted by atomic mass is 9.81. The Morgan fingerprint density at radius 1 is 0.882 bits per heavy atom. The van der Waals surface area contributed by atoms with Gasteiger partial charge in [-0.3, -0.25) is 4.79 Å². The molecule has 3 aliphatic rings. The zero-order chi connectivity index (χ0) is 11.7. The predicted octanol–water partition coefficient (Wildman–Crippen LogP) is 1.92. The molecule has 2 saturated carbocycles. The van der Waals surface area contributed by atoms with Crippen LogP contribution < -0.4 is 5.32 Å². The highest BCUT2D eigenvalue weighted by Gasteiger charge is 2.39. The molecule has 1 saturated heterocycles. The smallest absolute Gasteiger partial charge is 0.226 e. The zero-order valence-electron chi connectivity index (χ0n) is 10.7. The topological polar surface area (TPSA) is 32.3 Å². The zero-order valence-corrected chi connectivity index (χ0v) is 10.7. The minimum absolute atomic E-state index is 0.380. The average molecular weight is 236 g/mol. The molecule has 3 heteroatoms. The Morgan fingerprint density at radius 2 is 1.47 bits per heavy atom. The molecule has 0 spiro atoms. The van der Waals surface area contributed by atoms with E-state index >= 15 is 0 Å². The van der Waals surface area contributed by atoms with Gasteiger partial charge in [-0.05, 0) is 58.0 Å². The highest BCUT2D eigenvalue weighted by Crippen LogP contribution is 2.35. The Kier molecular flexibility index (Phi) is 3.37. The number of carbonyl (C=O) groups is 1. The molecule has 96 valence electrons. The van der Waals surface area contributed by atoms with Gasteiger partial charge in [-0.2, -0.15) is 0 Å². The van der Waals surface area contributed by atoms with Crippen molar-refractivity contribution in [2.45, 2.75) is 63.5 Å². The number of rotatable bonds is 3. The maximum Gasteiger partial charge on any atom is 0.226 e. The van der Waals surface area contributed by atoms with Crippen molar-refractivity contribution in [1.29, 1.82) is 0 Å². The summed E-state index contributed by atoms with van der Waals surface area (Å²) in [6, 6.07) is 1.13. The Labute approximate surface area is 104 Å². The summed E-state index contributed by atoms with van der Waals surface area (Å²) in [6.45, 7) is 2.18. The van der Waals surface area contributed by atoms with E-state index in [0.29, 0.717) is 23.9 Å². The van der Waals surface area contributed by atoms with Crippen LogP contribution in [0, 0.1) is 5.92 Å². The maximum atomic E-state index is 12.6. The third-order valence-corrected chi connectivity index (χ3v) is 4.88. The highest BCUT2D eigenvalue weighted by atomic mass is 16.2. The molecule has 0 aromatic heterocycles. The van der Waals surface area contributed by atoms with E-state index in [9.17, 15) is 4.79 Å². The van der Waals surface area contributed by atoms with Gasteiger partial charge in [0.25, 0.3) is 0 Å². The highest BCUT2D eigenvalue weighted by molar-refractivity contribution is 5.80. The minimum Gasteiger partial charge on any atom is -0.336 e. The molecule has 0 bridgehead atoms. The number of piperidine rings is 1. The third-order valence-electron chi connectivity index (χ3n) is 4.88. The van der Waals surface area contributed by atoms with Crippen LogP contribution in [0.4, 0.5) is 0 Å². The fraction of sp³-hybridized carbons (Fsp3) is 0.929. The van der Waals surface area contributed by atoms with Crippen LogP contribution in [0.15, 0.2) is 0 Å². The van der Waals surface area contributed by atoms with Crippen molar-refractivity contribution in [3.8, 4) is 0 Å². The van der Waals surface area contributed by atoms with E-state index in [4.69, 9.17) is 0 Å². The molecular formula is C14H24N2O. The lowest BCUT2D eigenvalue weighted by molar-refractivity contribution is -0.146. The molecule has 3 nitrogen and oxygen atoms in total. The van der Waals surface area contributed by atoms with Gasteiger partial charge in [-0.15, -0.1) is 0 Å². The van der Waals surface area contributed by atoms with Crippen LogP contribution in [0.3, 0.4) is 0 Å². The van der Waals surface area contributed by atoms with Gasteiger partial charge in [-0.1, -0.05) is 6.42 Å². The fourth-order valence-electron chi connectivity index (χ4n) is 3.27. The van der Waals surface area contributed by atoms with E-state index in [1.54, 1.807) is 0 Å². The first kappa shape index (κ1) is 11.5. The summed E-state index contributed by atoms with van der Waals surface area (Å²) < 4.78 is 0. The molecule has 17 heavy (non-hydrogen) atoms. The van der Waals surface area contributed by atoms with Gasteiger partial charge < -0.3 is 10.2 Å². The number of hydrogen-bond donors (Lipinski definition) is 1. The van der Waals surface area contributed by atoms with Crippen LogP contribution in [0.1, 0.15) is 51.4 Å². The number of hydrogen-bond acceptors (Lipinski definition) is 2. The van der Waals surface area contributed by atoms with E-state index in [1.807, 2.05) is 0 Å². The first-order chi connectivity index (χ1) is 8.36. The summed E-state index contributed by atoms with van der Waals surface area (Å²) in [7, 11) is 0. The van der Waals surface area contributed by atoms with E-state index < -0.39 is 0 Å². The monoisotopic (exact) mass is 236 g/mol. The minimum atomic E-state index is 0.380. The standard InChI is InChI=1S/C14H24N2O/c17-14(11-3-1-4-11)16(12-5-2-6-12)13-7-9-15-10-8-13/h11-13,15H,1-10H2. The van der Waals surface area contributed by atoms with Gasteiger partial charge in [0.2, 0.25) is 5.91 Å². The van der Waals surface area contributed by atoms with Crippen LogP contribution >= 0.6 is 0 Å². The third kappa shape index (κ3) is 2.22. The van der Waals surface area contributed by atoms with Crippen molar-refractivity contribution in [3.05, 3.63) is 0 Å². The van der Waals surface area contributed by atoms with Crippen LogP contribution in [0.2, 0.25) is 0 Å². The average Bonchev–Trinajstić information content (AvgIpc) is 2.21. The Morgan fingerprint density at radius 3 is 1.94 bits per heavy atom. The Balaban J connectivity index is 1.68. The van der Waals surface area contributed by atoms with Crippen molar-refractivity contribution in [2.75, 3.05) is 13.1 Å². The molecule has 0 aromatic carbocycles. The van der Waals surface area contributed by atoms with Crippen molar-refractivity contribution < 1.29 is 4.79 Å². The summed E-state index contributed by atoms with van der Waals surface area (Å²) >= 11 is 0. The van der Waals surface area contributed by atoms with Crippen LogP contribution in [0.5, 0.6) is 0 Å². The largest absolute Gasteiger partial charge is 0.336 e. The van der Waals surface area contributed by atoms with Gasteiger partial charge in [-0.25, -0.2) is 0 Å². The molecule has 0 unspecified atom stereocenters. The van der Waals surface area contributed by atoms with Crippen LogP contribution in [0.25, 0.3) is 0 Å². The molecule has 3 fully saturated rings. The van der Waals surface area contributed by atoms with Crippen molar-refractivity contribution in [1.82, 2.24) is 10.2 Å². The van der Waals surface area contributed by atoms with Gasteiger partial charge in [0.1, 0.15) is 0 Å². The Bertz CT molecular complexity index is 278. The second-order valence-electron chi connectivity index (χ2n) is 5.94. The molecule has 2 aliphatic carbocycles. The normalized spacial score (nSPS) is 27.3. The van der Waals surface area contributed by atoms with E-state index in [2.05, 4.69) is 10.2 Å². The summed E-state index contributed by atoms with van der Waals surface area (Å²) in [5.41, 5.74) is 0. The molecule has 1 amide bonds. The maximum absolute atomic E-state index is 12.6. The second kappa shape index (κ2) is 4.97. The van der Waals surface area contributed by atoms with E-state index in [0.717, 1.165) is 38.8 Å². The van der Waals surface area contributed by atoms with Gasteiger partial charge in [0.15, 0.2) is 0 Å². The van der Waals surface area contributed by atoms with Gasteiger partial charge >= 0.3 is 0 Å². The number of nitrogens with one attached hydrogen (secondary N) is 1. The van der Waals surface area contributed by atoms with Crippen molar-refractivity contribution in [3.63, 3.8) is 0 Å². The van der Waals surface area contributed by atoms with Crippen LogP contribution in [-0.4, -0.2) is 36.0 Å². The van der Waals surface area contributed by atoms with Crippen LogP contribution in [-0.2, 0) is 4.79 Å². The van der Waals surface area contributed by atoms with Crippen molar-refractivity contribution >= 4 is 5.91 Å². The second-order valence-corrected chi connectivity index (χ2v) is 5.94. The van der Waals surface area contributed by atoms with Crippen molar-refractivity contribution in [2.24, 2.45) is 5.92 Å². The van der Waals surface area contributed by atoms with Gasteiger partial charge in [0.05, 0.1) is 0 Å². The number of carbonyl (C=O) groups excluding carboxylic acids is 1. The molecule has 1 heterocycles. The Hall–Kier alpha value is -0.570. The van der Waals surface area contributed by atoms with E-state index in [1.165, 1.54) is 25.7 Å². The number of nitrogens with zero attached hydrogens (tertiary/aromatic N) is 1. The summed E-state index contributed by atoms with van der Waals surface area (Å²) in [4.78, 5) is 14.9. The fourth-order valence-corrected chi connectivity index (χ4v) is 3.27. The molecule has 1 N–H and O–H groups in total. The molecule has 0 radical (unpaired) electrons. The quantitative estimate of drug-likeness (QED) is 0.812. The summed E-state index contributed by atoms with van der Waals surface area (Å²) in [5.74, 6) is 0.873. The predicted molar refractivity (Wildman–Crippen MR) is 67.7 cm³/mol. The summed E-state index contributed by atoms with van der Waals surface area (Å²) in [5, 5.41) is 3.40. The lowest BCUT2D eigenvalue weighted by Gasteiger charge is -2.46. The lowest BCUT2D eigenvalue weighted by Crippen LogP contribution is -2.55. The molecule has 0 atom stereocenters. The van der Waals surface area contributed by atoms with E-state index in [-0.39, 0.29) is 0 Å².